The van der Waals surface area contributed by atoms with Gasteiger partial charge in [-0.15, -0.1) is 11.8 Å². The molecule has 1 heterocycles. The third-order valence-corrected chi connectivity index (χ3v) is 3.10. The van der Waals surface area contributed by atoms with Crippen LogP contribution in [0.2, 0.25) is 0 Å². The molecule has 7 heteroatoms. The number of amides is 1. The first-order chi connectivity index (χ1) is 8.56. The molecule has 0 bridgehead atoms. The Kier molecular flexibility index (Phi) is 5.57. The summed E-state index contributed by atoms with van der Waals surface area (Å²) in [6.45, 7) is 0. The van der Waals surface area contributed by atoms with Crippen LogP contribution < -0.4 is 0 Å². The van der Waals surface area contributed by atoms with Gasteiger partial charge in [0.15, 0.2) is 0 Å². The summed E-state index contributed by atoms with van der Waals surface area (Å²) in [5, 5.41) is 0. The van der Waals surface area contributed by atoms with Gasteiger partial charge in [-0.2, -0.15) is 0 Å². The highest BCUT2D eigenvalue weighted by Crippen LogP contribution is 2.21. The highest BCUT2D eigenvalue weighted by Gasteiger charge is 2.15. The molecular formula is C11H15N3O3S. The molecule has 0 aliphatic rings. The number of methoxy groups -OCH3 is 1. The maximum Gasteiger partial charge on any atom is 0.306 e. The molecule has 0 spiro atoms. The fraction of sp³-hybridized carbons (Fsp3) is 0.455. The third-order valence-electron chi connectivity index (χ3n) is 2.08. The van der Waals surface area contributed by atoms with Crippen molar-refractivity contribution >= 4 is 23.6 Å². The summed E-state index contributed by atoms with van der Waals surface area (Å²) in [5.41, 5.74) is 0.352. The van der Waals surface area contributed by atoms with Gasteiger partial charge in [-0.1, -0.05) is 0 Å². The smallest absolute Gasteiger partial charge is 0.306 e. The van der Waals surface area contributed by atoms with E-state index in [9.17, 15) is 9.59 Å². The van der Waals surface area contributed by atoms with Crippen LogP contribution in [0, 0.1) is 0 Å². The van der Waals surface area contributed by atoms with Crippen LogP contribution in [-0.2, 0) is 9.53 Å². The van der Waals surface area contributed by atoms with Crippen LogP contribution in [0.5, 0.6) is 0 Å². The lowest BCUT2D eigenvalue weighted by Gasteiger charge is -2.11. The van der Waals surface area contributed by atoms with Crippen LogP contribution in [0.4, 0.5) is 0 Å². The number of ether oxygens (including phenoxy) is 1. The Balaban J connectivity index is 2.71. The summed E-state index contributed by atoms with van der Waals surface area (Å²) in [6, 6.07) is 0. The van der Waals surface area contributed by atoms with Crippen LogP contribution in [-0.4, -0.2) is 53.7 Å². The van der Waals surface area contributed by atoms with Crippen molar-refractivity contribution in [3.63, 3.8) is 0 Å². The third kappa shape index (κ3) is 3.99. The molecule has 0 N–H and O–H groups in total. The second-order valence-corrected chi connectivity index (χ2v) is 4.75. The van der Waals surface area contributed by atoms with E-state index < -0.39 is 0 Å². The van der Waals surface area contributed by atoms with Gasteiger partial charge in [0.2, 0.25) is 0 Å². The van der Waals surface area contributed by atoms with Crippen molar-refractivity contribution in [2.24, 2.45) is 0 Å². The first-order valence-corrected chi connectivity index (χ1v) is 6.26. The minimum atomic E-state index is -0.278. The van der Waals surface area contributed by atoms with E-state index >= 15 is 0 Å². The van der Waals surface area contributed by atoms with Crippen LogP contribution >= 0.6 is 11.8 Å². The number of thioether (sulfide) groups is 1. The van der Waals surface area contributed by atoms with Gasteiger partial charge in [0.1, 0.15) is 12.0 Å². The average Bonchev–Trinajstić information content (AvgIpc) is 2.38. The number of nitrogens with zero attached hydrogens (tertiary/aromatic N) is 3. The number of esters is 1. The second-order valence-electron chi connectivity index (χ2n) is 3.61. The van der Waals surface area contributed by atoms with Gasteiger partial charge < -0.3 is 9.64 Å². The minimum Gasteiger partial charge on any atom is -0.469 e. The van der Waals surface area contributed by atoms with E-state index in [1.807, 2.05) is 0 Å². The van der Waals surface area contributed by atoms with Crippen molar-refractivity contribution in [1.29, 1.82) is 0 Å². The first kappa shape index (κ1) is 14.4. The van der Waals surface area contributed by atoms with Crippen molar-refractivity contribution in [1.82, 2.24) is 14.9 Å². The van der Waals surface area contributed by atoms with Crippen molar-refractivity contribution in [3.05, 3.63) is 18.2 Å². The van der Waals surface area contributed by atoms with Gasteiger partial charge in [-0.3, -0.25) is 9.59 Å². The summed E-state index contributed by atoms with van der Waals surface area (Å²) in [5.74, 6) is 0.0612. The maximum atomic E-state index is 11.8. The molecule has 0 aromatic carbocycles. The van der Waals surface area contributed by atoms with Crippen LogP contribution in [0.15, 0.2) is 17.4 Å². The molecule has 0 unspecified atom stereocenters. The summed E-state index contributed by atoms with van der Waals surface area (Å²) in [7, 11) is 4.67. The Morgan fingerprint density at radius 3 is 2.78 bits per heavy atom. The molecule has 0 aliphatic heterocycles. The first-order valence-electron chi connectivity index (χ1n) is 5.27. The molecule has 0 fully saturated rings. The minimum absolute atomic E-state index is 0.182. The zero-order valence-corrected chi connectivity index (χ0v) is 11.4. The molecule has 0 saturated carbocycles. The molecule has 0 radical (unpaired) electrons. The number of aromatic nitrogens is 2. The fourth-order valence-corrected chi connectivity index (χ4v) is 2.04. The van der Waals surface area contributed by atoms with Crippen molar-refractivity contribution in [2.45, 2.75) is 11.3 Å². The number of hydrogen-bond acceptors (Lipinski definition) is 6. The van der Waals surface area contributed by atoms with E-state index in [4.69, 9.17) is 0 Å². The molecule has 1 aromatic heterocycles. The Hall–Kier alpha value is -1.63. The van der Waals surface area contributed by atoms with Crippen molar-refractivity contribution in [3.8, 4) is 0 Å². The lowest BCUT2D eigenvalue weighted by Crippen LogP contribution is -2.23. The predicted octanol–water partition coefficient (Wildman–Crippen LogP) is 0.834. The van der Waals surface area contributed by atoms with E-state index in [1.54, 1.807) is 20.3 Å². The molecule has 0 aliphatic carbocycles. The quantitative estimate of drug-likeness (QED) is 0.582. The topological polar surface area (TPSA) is 72.4 Å². The standard InChI is InChI=1S/C11H15N3O3S/c1-14(2)11(16)10-8(6-12-7-13-10)18-5-4-9(15)17-3/h6-7H,4-5H2,1-3H3. The molecule has 1 amide bonds. The summed E-state index contributed by atoms with van der Waals surface area (Å²) in [6.07, 6.45) is 3.19. The zero-order valence-electron chi connectivity index (χ0n) is 10.5. The molecule has 18 heavy (non-hydrogen) atoms. The lowest BCUT2D eigenvalue weighted by molar-refractivity contribution is -0.140. The van der Waals surface area contributed by atoms with Gasteiger partial charge in [0, 0.05) is 26.0 Å². The molecule has 6 nitrogen and oxygen atoms in total. The molecule has 98 valence electrons. The average molecular weight is 269 g/mol. The normalized spacial score (nSPS) is 9.94. The second kappa shape index (κ2) is 6.95. The van der Waals surface area contributed by atoms with E-state index in [2.05, 4.69) is 14.7 Å². The highest BCUT2D eigenvalue weighted by atomic mass is 32.2. The molecule has 1 aromatic rings. The van der Waals surface area contributed by atoms with Gasteiger partial charge in [-0.25, -0.2) is 9.97 Å². The lowest BCUT2D eigenvalue weighted by atomic mass is 10.3. The van der Waals surface area contributed by atoms with Crippen LogP contribution in [0.3, 0.4) is 0 Å². The van der Waals surface area contributed by atoms with E-state index in [-0.39, 0.29) is 18.3 Å². The SMILES string of the molecule is COC(=O)CCSc1cncnc1C(=O)N(C)C. The largest absolute Gasteiger partial charge is 0.469 e. The Morgan fingerprint density at radius 1 is 1.44 bits per heavy atom. The summed E-state index contributed by atoms with van der Waals surface area (Å²) < 4.78 is 4.55. The molecule has 1 rings (SSSR count). The zero-order chi connectivity index (χ0) is 13.5. The number of hydrogen-bond donors (Lipinski definition) is 0. The Morgan fingerprint density at radius 2 is 2.17 bits per heavy atom. The number of carbonyl (C=O) groups excluding carboxylic acids is 2. The van der Waals surface area contributed by atoms with Gasteiger partial charge >= 0.3 is 5.97 Å². The monoisotopic (exact) mass is 269 g/mol. The van der Waals surface area contributed by atoms with E-state index in [0.717, 1.165) is 0 Å². The van der Waals surface area contributed by atoms with Gasteiger partial charge in [0.05, 0.1) is 18.4 Å². The maximum absolute atomic E-state index is 11.8. The van der Waals surface area contributed by atoms with Gasteiger partial charge in [0.25, 0.3) is 5.91 Å². The molecular weight excluding hydrogens is 254 g/mol. The fourth-order valence-electron chi connectivity index (χ4n) is 1.14. The van der Waals surface area contributed by atoms with Crippen molar-refractivity contribution in [2.75, 3.05) is 27.0 Å². The molecule has 0 atom stereocenters. The van der Waals surface area contributed by atoms with E-state index in [0.29, 0.717) is 16.3 Å². The molecule has 0 saturated heterocycles. The number of rotatable bonds is 5. The highest BCUT2D eigenvalue weighted by molar-refractivity contribution is 7.99. The number of carbonyl (C=O) groups is 2. The summed E-state index contributed by atoms with van der Waals surface area (Å²) >= 11 is 1.36. The van der Waals surface area contributed by atoms with E-state index in [1.165, 1.54) is 30.1 Å². The van der Waals surface area contributed by atoms with Gasteiger partial charge in [-0.05, 0) is 0 Å². The van der Waals surface area contributed by atoms with Crippen molar-refractivity contribution < 1.29 is 14.3 Å². The Labute approximate surface area is 110 Å². The predicted molar refractivity (Wildman–Crippen MR) is 67.4 cm³/mol. The Bertz CT molecular complexity index is 437. The summed E-state index contributed by atoms with van der Waals surface area (Å²) in [4.78, 5) is 32.8. The van der Waals surface area contributed by atoms with Crippen LogP contribution in [0.1, 0.15) is 16.9 Å². The van der Waals surface area contributed by atoms with Crippen LogP contribution in [0.25, 0.3) is 0 Å².